The van der Waals surface area contributed by atoms with Crippen LogP contribution in [0.3, 0.4) is 0 Å². The van der Waals surface area contributed by atoms with Crippen molar-refractivity contribution in [3.05, 3.63) is 65.2 Å². The number of aryl methyl sites for hydroxylation is 1. The Morgan fingerprint density at radius 3 is 2.50 bits per heavy atom. The molecular weight excluding hydrogens is 330 g/mol. The van der Waals surface area contributed by atoms with Crippen LogP contribution in [0.1, 0.15) is 22.7 Å². The van der Waals surface area contributed by atoms with Gasteiger partial charge in [0.05, 0.1) is 14.2 Å². The number of allylic oxidation sites excluding steroid dienone is 1. The number of aromatic nitrogens is 4. The summed E-state index contributed by atoms with van der Waals surface area (Å²) in [6.45, 7) is 2.07. The molecule has 7 heteroatoms. The molecule has 0 fully saturated rings. The van der Waals surface area contributed by atoms with Gasteiger partial charge in [0.25, 0.3) is 0 Å². The summed E-state index contributed by atoms with van der Waals surface area (Å²) in [7, 11) is 3.25. The zero-order chi connectivity index (χ0) is 18.1. The SMILES string of the molecule is COc1ccc([C@H]2C=C(c3ccc(C)cc3)Nc3nnnn32)cc1OC. The van der Waals surface area contributed by atoms with Gasteiger partial charge in [-0.1, -0.05) is 41.0 Å². The number of tetrazole rings is 1. The number of ether oxygens (including phenoxy) is 2. The lowest BCUT2D eigenvalue weighted by molar-refractivity contribution is 0.354. The van der Waals surface area contributed by atoms with Crippen molar-refractivity contribution in [2.45, 2.75) is 13.0 Å². The smallest absolute Gasteiger partial charge is 0.248 e. The molecule has 132 valence electrons. The summed E-state index contributed by atoms with van der Waals surface area (Å²) in [5.74, 6) is 1.95. The predicted octanol–water partition coefficient (Wildman–Crippen LogP) is 3.05. The number of benzene rings is 2. The molecule has 0 amide bonds. The van der Waals surface area contributed by atoms with Crippen molar-refractivity contribution in [1.82, 2.24) is 20.2 Å². The molecule has 1 aromatic heterocycles. The number of hydrogen-bond acceptors (Lipinski definition) is 6. The number of nitrogens with one attached hydrogen (secondary N) is 1. The van der Waals surface area contributed by atoms with E-state index in [2.05, 4.69) is 58.1 Å². The molecule has 1 atom stereocenters. The molecule has 0 saturated heterocycles. The van der Waals surface area contributed by atoms with Gasteiger partial charge in [-0.05, 0) is 46.7 Å². The minimum Gasteiger partial charge on any atom is -0.493 e. The highest BCUT2D eigenvalue weighted by molar-refractivity contribution is 5.77. The molecule has 2 aromatic carbocycles. The molecule has 0 bridgehead atoms. The number of rotatable bonds is 4. The number of anilines is 1. The summed E-state index contributed by atoms with van der Waals surface area (Å²) in [5, 5.41) is 15.3. The minimum atomic E-state index is -0.155. The molecule has 4 rings (SSSR count). The molecule has 3 aromatic rings. The van der Waals surface area contributed by atoms with E-state index in [4.69, 9.17) is 9.47 Å². The molecular formula is C19H19N5O2. The molecule has 1 aliphatic heterocycles. The van der Waals surface area contributed by atoms with E-state index in [-0.39, 0.29) is 6.04 Å². The van der Waals surface area contributed by atoms with Gasteiger partial charge >= 0.3 is 0 Å². The first-order valence-electron chi connectivity index (χ1n) is 8.25. The van der Waals surface area contributed by atoms with Gasteiger partial charge in [0.1, 0.15) is 6.04 Å². The average Bonchev–Trinajstić information content (AvgIpc) is 3.16. The second-order valence-electron chi connectivity index (χ2n) is 6.08. The molecule has 7 nitrogen and oxygen atoms in total. The maximum atomic E-state index is 5.44. The molecule has 0 unspecified atom stereocenters. The van der Waals surface area contributed by atoms with Gasteiger partial charge in [0.15, 0.2) is 11.5 Å². The van der Waals surface area contributed by atoms with Crippen molar-refractivity contribution in [2.75, 3.05) is 19.5 Å². The Morgan fingerprint density at radius 1 is 1.00 bits per heavy atom. The van der Waals surface area contributed by atoms with Crippen LogP contribution in [0.4, 0.5) is 5.95 Å². The summed E-state index contributed by atoms with van der Waals surface area (Å²) >= 11 is 0. The van der Waals surface area contributed by atoms with Crippen molar-refractivity contribution < 1.29 is 9.47 Å². The number of fused-ring (bicyclic) bond motifs is 1. The van der Waals surface area contributed by atoms with Crippen molar-refractivity contribution >= 4 is 11.6 Å². The zero-order valence-electron chi connectivity index (χ0n) is 14.8. The van der Waals surface area contributed by atoms with Crippen LogP contribution >= 0.6 is 0 Å². The summed E-state index contributed by atoms with van der Waals surface area (Å²) in [6, 6.07) is 14.0. The first-order chi connectivity index (χ1) is 12.7. The Labute approximate surface area is 151 Å². The normalized spacial score (nSPS) is 15.7. The predicted molar refractivity (Wildman–Crippen MR) is 98.3 cm³/mol. The lowest BCUT2D eigenvalue weighted by Gasteiger charge is -2.24. The Bertz CT molecular complexity index is 962. The molecule has 0 spiro atoms. The summed E-state index contributed by atoms with van der Waals surface area (Å²) in [4.78, 5) is 0. The largest absolute Gasteiger partial charge is 0.493 e. The summed E-state index contributed by atoms with van der Waals surface area (Å²) in [5.41, 5.74) is 4.26. The van der Waals surface area contributed by atoms with Gasteiger partial charge in [-0.25, -0.2) is 0 Å². The van der Waals surface area contributed by atoms with E-state index in [1.807, 2.05) is 18.2 Å². The van der Waals surface area contributed by atoms with Crippen LogP contribution in [0.15, 0.2) is 48.5 Å². The number of hydrogen-bond donors (Lipinski definition) is 1. The van der Waals surface area contributed by atoms with Crippen molar-refractivity contribution in [1.29, 1.82) is 0 Å². The van der Waals surface area contributed by atoms with Crippen LogP contribution in [0.5, 0.6) is 11.5 Å². The first-order valence-corrected chi connectivity index (χ1v) is 8.25. The molecule has 0 saturated carbocycles. The molecule has 0 radical (unpaired) electrons. The van der Waals surface area contributed by atoms with Gasteiger partial charge in [-0.2, -0.15) is 4.68 Å². The van der Waals surface area contributed by atoms with Gasteiger partial charge in [-0.3, -0.25) is 0 Å². The van der Waals surface area contributed by atoms with E-state index < -0.39 is 0 Å². The van der Waals surface area contributed by atoms with Crippen molar-refractivity contribution in [3.63, 3.8) is 0 Å². The molecule has 0 aliphatic carbocycles. The number of nitrogens with zero attached hydrogens (tertiary/aromatic N) is 4. The van der Waals surface area contributed by atoms with Crippen LogP contribution in [-0.4, -0.2) is 34.4 Å². The summed E-state index contributed by atoms with van der Waals surface area (Å²) < 4.78 is 12.5. The molecule has 1 N–H and O–H groups in total. The third kappa shape index (κ3) is 2.77. The fraction of sp³-hybridized carbons (Fsp3) is 0.211. The highest BCUT2D eigenvalue weighted by atomic mass is 16.5. The lowest BCUT2D eigenvalue weighted by Crippen LogP contribution is -2.20. The zero-order valence-corrected chi connectivity index (χ0v) is 14.8. The Hall–Kier alpha value is -3.35. The Morgan fingerprint density at radius 2 is 1.77 bits per heavy atom. The average molecular weight is 349 g/mol. The maximum absolute atomic E-state index is 5.44. The van der Waals surface area contributed by atoms with E-state index in [9.17, 15) is 0 Å². The van der Waals surface area contributed by atoms with Crippen LogP contribution in [-0.2, 0) is 0 Å². The third-order valence-electron chi connectivity index (χ3n) is 4.44. The molecule has 26 heavy (non-hydrogen) atoms. The van der Waals surface area contributed by atoms with Crippen LogP contribution in [0, 0.1) is 6.92 Å². The van der Waals surface area contributed by atoms with E-state index in [0.29, 0.717) is 17.4 Å². The fourth-order valence-electron chi connectivity index (χ4n) is 3.03. The molecule has 1 aliphatic rings. The third-order valence-corrected chi connectivity index (χ3v) is 4.44. The van der Waals surface area contributed by atoms with E-state index >= 15 is 0 Å². The van der Waals surface area contributed by atoms with Gasteiger partial charge < -0.3 is 14.8 Å². The van der Waals surface area contributed by atoms with Gasteiger partial charge in [0, 0.05) is 5.70 Å². The second-order valence-corrected chi connectivity index (χ2v) is 6.08. The highest BCUT2D eigenvalue weighted by Crippen LogP contribution is 2.35. The van der Waals surface area contributed by atoms with E-state index in [1.165, 1.54) is 5.56 Å². The lowest BCUT2D eigenvalue weighted by atomic mass is 10.0. The summed E-state index contributed by atoms with van der Waals surface area (Å²) in [6.07, 6.45) is 2.11. The van der Waals surface area contributed by atoms with E-state index in [0.717, 1.165) is 16.8 Å². The monoisotopic (exact) mass is 349 g/mol. The van der Waals surface area contributed by atoms with Crippen molar-refractivity contribution in [3.8, 4) is 11.5 Å². The fourth-order valence-corrected chi connectivity index (χ4v) is 3.03. The van der Waals surface area contributed by atoms with Crippen molar-refractivity contribution in [2.24, 2.45) is 0 Å². The quantitative estimate of drug-likeness (QED) is 0.780. The Balaban J connectivity index is 1.80. The standard InChI is InChI=1S/C19H19N5O2/c1-12-4-6-13(7-5-12)15-11-16(24-19(20-15)21-22-23-24)14-8-9-17(25-2)18(10-14)26-3/h4-11,16H,1-3H3,(H,20,21,23)/t16-/m1/s1. The molecule has 2 heterocycles. The minimum absolute atomic E-state index is 0.155. The second kappa shape index (κ2) is 6.51. The van der Waals surface area contributed by atoms with E-state index in [1.54, 1.807) is 18.9 Å². The van der Waals surface area contributed by atoms with Crippen LogP contribution in [0.25, 0.3) is 5.70 Å². The van der Waals surface area contributed by atoms with Crippen LogP contribution < -0.4 is 14.8 Å². The van der Waals surface area contributed by atoms with Gasteiger partial charge in [0.2, 0.25) is 5.95 Å². The Kier molecular flexibility index (Phi) is 4.04. The first kappa shape index (κ1) is 16.1. The highest BCUT2D eigenvalue weighted by Gasteiger charge is 2.25. The van der Waals surface area contributed by atoms with Crippen LogP contribution in [0.2, 0.25) is 0 Å². The topological polar surface area (TPSA) is 74.1 Å². The van der Waals surface area contributed by atoms with Gasteiger partial charge in [-0.15, -0.1) is 0 Å². The number of methoxy groups -OCH3 is 2. The maximum Gasteiger partial charge on any atom is 0.248 e.